The monoisotopic (exact) mass is 890 g/mol. The van der Waals surface area contributed by atoms with Crippen molar-refractivity contribution in [3.05, 3.63) is 12.2 Å². The summed E-state index contributed by atoms with van der Waals surface area (Å²) in [4.78, 5) is 26.2. The first kappa shape index (κ1) is 61.6. The van der Waals surface area contributed by atoms with Crippen LogP contribution in [0.25, 0.3) is 0 Å². The highest BCUT2D eigenvalue weighted by atomic mass is 16.5. The van der Waals surface area contributed by atoms with Gasteiger partial charge in [-0.1, -0.05) is 264 Å². The summed E-state index contributed by atoms with van der Waals surface area (Å²) in [5.41, 5.74) is 0. The molecule has 0 aromatic carbocycles. The lowest BCUT2D eigenvalue weighted by molar-refractivity contribution is -0.151. The first-order chi connectivity index (χ1) is 31.0. The molecule has 0 saturated heterocycles. The van der Waals surface area contributed by atoms with Gasteiger partial charge in [0.25, 0.3) is 0 Å². The van der Waals surface area contributed by atoms with Crippen molar-refractivity contribution in [2.24, 2.45) is 0 Å². The number of ether oxygens (including phenoxy) is 1. The van der Waals surface area contributed by atoms with Gasteiger partial charge < -0.3 is 20.3 Å². The molecular formula is C57H111NO5. The molecule has 6 nitrogen and oxygen atoms in total. The van der Waals surface area contributed by atoms with E-state index in [0.29, 0.717) is 19.3 Å². The number of aliphatic hydroxyl groups is 2. The molecule has 63 heavy (non-hydrogen) atoms. The van der Waals surface area contributed by atoms with Crippen LogP contribution in [0.5, 0.6) is 0 Å². The average molecular weight is 891 g/mol. The van der Waals surface area contributed by atoms with Gasteiger partial charge in [0.2, 0.25) is 5.91 Å². The number of aliphatic hydroxyl groups excluding tert-OH is 2. The number of esters is 1. The number of unbranched alkanes of at least 4 members (excludes halogenated alkanes) is 38. The minimum Gasteiger partial charge on any atom is -0.462 e. The van der Waals surface area contributed by atoms with Gasteiger partial charge in [0, 0.05) is 6.42 Å². The molecule has 0 aliphatic rings. The molecule has 0 rings (SSSR count). The van der Waals surface area contributed by atoms with E-state index in [1.165, 1.54) is 205 Å². The van der Waals surface area contributed by atoms with Crippen molar-refractivity contribution in [3.63, 3.8) is 0 Å². The van der Waals surface area contributed by atoms with Gasteiger partial charge in [0.05, 0.1) is 25.2 Å². The smallest absolute Gasteiger partial charge is 0.306 e. The van der Waals surface area contributed by atoms with E-state index in [9.17, 15) is 19.8 Å². The SMILES string of the molecule is CCCCC/C=C\CCCCCC(CC(=O)NC(CO)C(O)CCCCCCCCCCCCCCCCCCC)OC(=O)CCCCCCCCCCCCCCCCCCC. The van der Waals surface area contributed by atoms with E-state index in [1.54, 1.807) is 0 Å². The van der Waals surface area contributed by atoms with Gasteiger partial charge in [-0.25, -0.2) is 0 Å². The maximum Gasteiger partial charge on any atom is 0.306 e. The number of carbonyl (C=O) groups is 2. The molecule has 374 valence electrons. The van der Waals surface area contributed by atoms with Crippen LogP contribution in [0, 0.1) is 0 Å². The zero-order valence-corrected chi connectivity index (χ0v) is 42.7. The molecule has 0 saturated carbocycles. The number of amides is 1. The summed E-state index contributed by atoms with van der Waals surface area (Å²) < 4.78 is 5.94. The first-order valence-corrected chi connectivity index (χ1v) is 28.4. The van der Waals surface area contributed by atoms with Crippen molar-refractivity contribution in [2.45, 2.75) is 334 Å². The number of nitrogens with one attached hydrogen (secondary N) is 1. The summed E-state index contributed by atoms with van der Waals surface area (Å²) >= 11 is 0. The summed E-state index contributed by atoms with van der Waals surface area (Å²) in [6.07, 6.45) is 58.6. The largest absolute Gasteiger partial charge is 0.462 e. The van der Waals surface area contributed by atoms with E-state index in [2.05, 4.69) is 38.2 Å². The fourth-order valence-electron chi connectivity index (χ4n) is 9.02. The fourth-order valence-corrected chi connectivity index (χ4v) is 9.02. The lowest BCUT2D eigenvalue weighted by Gasteiger charge is -2.24. The average Bonchev–Trinajstić information content (AvgIpc) is 3.28. The predicted molar refractivity (Wildman–Crippen MR) is 273 cm³/mol. The third-order valence-corrected chi connectivity index (χ3v) is 13.3. The Kier molecular flexibility index (Phi) is 50.4. The van der Waals surface area contributed by atoms with Crippen LogP contribution in [0.2, 0.25) is 0 Å². The maximum atomic E-state index is 13.2. The van der Waals surface area contributed by atoms with Crippen molar-refractivity contribution in [1.82, 2.24) is 5.32 Å². The molecular weight excluding hydrogens is 779 g/mol. The van der Waals surface area contributed by atoms with E-state index in [0.717, 1.165) is 64.2 Å². The van der Waals surface area contributed by atoms with Crippen LogP contribution < -0.4 is 5.32 Å². The lowest BCUT2D eigenvalue weighted by Crippen LogP contribution is -2.46. The maximum absolute atomic E-state index is 13.2. The van der Waals surface area contributed by atoms with Gasteiger partial charge in [0.15, 0.2) is 0 Å². The van der Waals surface area contributed by atoms with Gasteiger partial charge in [-0.3, -0.25) is 9.59 Å². The zero-order chi connectivity index (χ0) is 45.9. The Labute approximate surface area is 393 Å². The van der Waals surface area contributed by atoms with Crippen molar-refractivity contribution in [1.29, 1.82) is 0 Å². The number of hydrogen-bond donors (Lipinski definition) is 3. The van der Waals surface area contributed by atoms with Crippen molar-refractivity contribution < 1.29 is 24.5 Å². The molecule has 6 heteroatoms. The van der Waals surface area contributed by atoms with Gasteiger partial charge in [-0.2, -0.15) is 0 Å². The molecule has 0 bridgehead atoms. The predicted octanol–water partition coefficient (Wildman–Crippen LogP) is 17.3. The number of allylic oxidation sites excluding steroid dienone is 2. The molecule has 3 atom stereocenters. The Balaban J connectivity index is 4.38. The van der Waals surface area contributed by atoms with E-state index in [1.807, 2.05) is 0 Å². The Morgan fingerprint density at radius 3 is 1.16 bits per heavy atom. The number of hydrogen-bond acceptors (Lipinski definition) is 5. The molecule has 0 heterocycles. The summed E-state index contributed by atoms with van der Waals surface area (Å²) in [5.74, 6) is -0.470. The lowest BCUT2D eigenvalue weighted by atomic mass is 10.0. The van der Waals surface area contributed by atoms with E-state index in [4.69, 9.17) is 4.74 Å². The number of carbonyl (C=O) groups excluding carboxylic acids is 2. The van der Waals surface area contributed by atoms with Crippen LogP contribution in [0.3, 0.4) is 0 Å². The molecule has 0 aromatic heterocycles. The quantitative estimate of drug-likeness (QED) is 0.0321. The van der Waals surface area contributed by atoms with Crippen molar-refractivity contribution in [3.8, 4) is 0 Å². The molecule has 1 amide bonds. The van der Waals surface area contributed by atoms with Crippen LogP contribution in [-0.2, 0) is 14.3 Å². The summed E-state index contributed by atoms with van der Waals surface area (Å²) in [7, 11) is 0. The highest BCUT2D eigenvalue weighted by Gasteiger charge is 2.24. The Hall–Kier alpha value is -1.40. The third kappa shape index (κ3) is 46.9. The highest BCUT2D eigenvalue weighted by Crippen LogP contribution is 2.19. The first-order valence-electron chi connectivity index (χ1n) is 28.4. The molecule has 0 spiro atoms. The second-order valence-corrected chi connectivity index (χ2v) is 19.7. The van der Waals surface area contributed by atoms with Crippen LogP contribution in [0.15, 0.2) is 12.2 Å². The van der Waals surface area contributed by atoms with Gasteiger partial charge in [-0.15, -0.1) is 0 Å². The third-order valence-electron chi connectivity index (χ3n) is 13.3. The molecule has 3 unspecified atom stereocenters. The van der Waals surface area contributed by atoms with E-state index >= 15 is 0 Å². The van der Waals surface area contributed by atoms with Gasteiger partial charge in [0.1, 0.15) is 6.10 Å². The Morgan fingerprint density at radius 2 is 0.762 bits per heavy atom. The zero-order valence-electron chi connectivity index (χ0n) is 42.7. The molecule has 0 radical (unpaired) electrons. The summed E-state index contributed by atoms with van der Waals surface area (Å²) in [6, 6.07) is -0.700. The van der Waals surface area contributed by atoms with Crippen LogP contribution in [0.1, 0.15) is 316 Å². The molecule has 0 aliphatic carbocycles. The summed E-state index contributed by atoms with van der Waals surface area (Å²) in [5, 5.41) is 23.8. The Morgan fingerprint density at radius 1 is 0.444 bits per heavy atom. The minimum absolute atomic E-state index is 0.0739. The topological polar surface area (TPSA) is 95.9 Å². The second kappa shape index (κ2) is 51.6. The fraction of sp³-hybridized carbons (Fsp3) is 0.930. The molecule has 0 aromatic rings. The van der Waals surface area contributed by atoms with Crippen molar-refractivity contribution >= 4 is 11.9 Å². The van der Waals surface area contributed by atoms with Crippen LogP contribution >= 0.6 is 0 Å². The Bertz CT molecular complexity index is 955. The number of rotatable bonds is 52. The highest BCUT2D eigenvalue weighted by molar-refractivity contribution is 5.77. The van der Waals surface area contributed by atoms with Crippen LogP contribution in [-0.4, -0.2) is 46.9 Å². The van der Waals surface area contributed by atoms with Gasteiger partial charge in [-0.05, 0) is 51.4 Å². The molecule has 0 fully saturated rings. The van der Waals surface area contributed by atoms with E-state index < -0.39 is 18.2 Å². The molecule has 0 aliphatic heterocycles. The normalized spacial score (nSPS) is 13.2. The second-order valence-electron chi connectivity index (χ2n) is 19.7. The minimum atomic E-state index is -0.786. The standard InChI is InChI=1S/C57H111NO5/c1-4-7-10-13-16-19-22-24-26-28-30-32-34-37-40-43-46-49-55(60)54(52-59)58-56(61)51-53(48-45-42-39-36-21-18-15-12-9-6-3)63-57(62)50-47-44-41-38-35-33-31-29-27-25-23-20-17-14-11-8-5-2/h18,21,53-55,59-60H,4-17,19-20,22-52H2,1-3H3,(H,58,61)/b21-18-. The van der Waals surface area contributed by atoms with Crippen molar-refractivity contribution in [2.75, 3.05) is 6.61 Å². The van der Waals surface area contributed by atoms with E-state index in [-0.39, 0.29) is 24.9 Å². The van der Waals surface area contributed by atoms with Gasteiger partial charge >= 0.3 is 5.97 Å². The summed E-state index contributed by atoms with van der Waals surface area (Å²) in [6.45, 7) is 6.49. The van der Waals surface area contributed by atoms with Crippen LogP contribution in [0.4, 0.5) is 0 Å². The molecule has 3 N–H and O–H groups in total.